The lowest BCUT2D eigenvalue weighted by molar-refractivity contribution is -0.123. The van der Waals surface area contributed by atoms with Crippen molar-refractivity contribution in [2.75, 3.05) is 48.8 Å². The van der Waals surface area contributed by atoms with Gasteiger partial charge in [0.05, 0.1) is 17.5 Å². The van der Waals surface area contributed by atoms with E-state index in [-0.39, 0.29) is 17.4 Å². The molecule has 2 aliphatic rings. The van der Waals surface area contributed by atoms with E-state index >= 15 is 0 Å². The van der Waals surface area contributed by atoms with E-state index in [1.54, 1.807) is 24.0 Å². The molecule has 0 bridgehead atoms. The Morgan fingerprint density at radius 1 is 0.900 bits per heavy atom. The monoisotopic (exact) mass is 542 g/mol. The lowest BCUT2D eigenvalue weighted by atomic mass is 9.83. The largest absolute Gasteiger partial charge is 0.378 e. The highest BCUT2D eigenvalue weighted by Crippen LogP contribution is 2.39. The SMILES string of the molecule is Cc1ccc(NC(=O)C2CCCN(C(=O)c3c(C)cccc3F)C2c2ccc(N(C)C)cc2)cc1N1CCCC1. The van der Waals surface area contributed by atoms with Crippen LogP contribution in [0.15, 0.2) is 60.7 Å². The van der Waals surface area contributed by atoms with Crippen LogP contribution in [-0.2, 0) is 4.79 Å². The first-order chi connectivity index (χ1) is 19.2. The van der Waals surface area contributed by atoms with Crippen molar-refractivity contribution in [1.82, 2.24) is 4.90 Å². The van der Waals surface area contributed by atoms with Crippen LogP contribution in [0.3, 0.4) is 0 Å². The smallest absolute Gasteiger partial charge is 0.257 e. The summed E-state index contributed by atoms with van der Waals surface area (Å²) in [5, 5.41) is 3.17. The molecule has 2 fully saturated rings. The van der Waals surface area contributed by atoms with Crippen molar-refractivity contribution in [3.05, 3.63) is 88.7 Å². The highest BCUT2D eigenvalue weighted by atomic mass is 19.1. The number of likely N-dealkylation sites (tertiary alicyclic amines) is 1. The summed E-state index contributed by atoms with van der Waals surface area (Å²) in [6.45, 7) is 6.36. The van der Waals surface area contributed by atoms with Crippen LogP contribution in [0.5, 0.6) is 0 Å². The highest BCUT2D eigenvalue weighted by molar-refractivity contribution is 5.98. The first kappa shape index (κ1) is 27.7. The molecule has 0 aliphatic carbocycles. The van der Waals surface area contributed by atoms with Gasteiger partial charge >= 0.3 is 0 Å². The fourth-order valence-corrected chi connectivity index (χ4v) is 6.15. The van der Waals surface area contributed by atoms with Gasteiger partial charge in [-0.05, 0) is 86.6 Å². The normalized spacial score (nSPS) is 19.0. The molecule has 7 heteroatoms. The summed E-state index contributed by atoms with van der Waals surface area (Å²) in [5.41, 5.74) is 5.66. The fraction of sp³-hybridized carbons (Fsp3) is 0.394. The van der Waals surface area contributed by atoms with Crippen LogP contribution in [-0.4, -0.2) is 50.4 Å². The lowest BCUT2D eigenvalue weighted by Gasteiger charge is -2.41. The van der Waals surface area contributed by atoms with Gasteiger partial charge in [-0.25, -0.2) is 4.39 Å². The molecule has 6 nitrogen and oxygen atoms in total. The molecular formula is C33H39FN4O2. The second kappa shape index (κ2) is 11.7. The number of nitrogens with zero attached hydrogens (tertiary/aromatic N) is 3. The Hall–Kier alpha value is -3.87. The second-order valence-corrected chi connectivity index (χ2v) is 11.3. The predicted molar refractivity (Wildman–Crippen MR) is 160 cm³/mol. The summed E-state index contributed by atoms with van der Waals surface area (Å²) < 4.78 is 14.9. The van der Waals surface area contributed by atoms with Gasteiger partial charge in [0.2, 0.25) is 5.91 Å². The standard InChI is InChI=1S/C33H39FN4O2/c1-22-12-15-25(21-29(22)37-18-5-6-19-37)35-32(39)27-10-8-20-38(33(40)30-23(2)9-7-11-28(30)34)31(27)24-13-16-26(17-14-24)36(3)4/h7,9,11-17,21,27,31H,5-6,8,10,18-20H2,1-4H3,(H,35,39). The Balaban J connectivity index is 1.48. The van der Waals surface area contributed by atoms with Gasteiger partial charge in [-0.2, -0.15) is 0 Å². The summed E-state index contributed by atoms with van der Waals surface area (Å²) in [6, 6.07) is 18.2. The van der Waals surface area contributed by atoms with Crippen LogP contribution in [0.4, 0.5) is 21.5 Å². The van der Waals surface area contributed by atoms with Crippen LogP contribution >= 0.6 is 0 Å². The molecule has 0 saturated carbocycles. The maximum Gasteiger partial charge on any atom is 0.257 e. The molecule has 0 spiro atoms. The van der Waals surface area contributed by atoms with Gasteiger partial charge in [-0.3, -0.25) is 9.59 Å². The Morgan fingerprint density at radius 2 is 1.62 bits per heavy atom. The number of aryl methyl sites for hydroxylation is 2. The van der Waals surface area contributed by atoms with Crippen molar-refractivity contribution < 1.29 is 14.0 Å². The maximum absolute atomic E-state index is 14.9. The van der Waals surface area contributed by atoms with E-state index in [1.165, 1.54) is 24.5 Å². The third-order valence-electron chi connectivity index (χ3n) is 8.34. The zero-order valence-electron chi connectivity index (χ0n) is 23.9. The topological polar surface area (TPSA) is 55.9 Å². The van der Waals surface area contributed by atoms with E-state index in [1.807, 2.05) is 49.3 Å². The third kappa shape index (κ3) is 5.55. The number of halogens is 1. The van der Waals surface area contributed by atoms with Crippen LogP contribution in [0.2, 0.25) is 0 Å². The average molecular weight is 543 g/mol. The molecule has 3 aromatic carbocycles. The molecule has 0 radical (unpaired) electrons. The first-order valence-corrected chi connectivity index (χ1v) is 14.2. The number of nitrogens with one attached hydrogen (secondary N) is 1. The minimum atomic E-state index is -0.535. The van der Waals surface area contributed by atoms with Crippen molar-refractivity contribution in [2.24, 2.45) is 5.92 Å². The van der Waals surface area contributed by atoms with Crippen molar-refractivity contribution in [1.29, 1.82) is 0 Å². The summed E-state index contributed by atoms with van der Waals surface area (Å²) in [7, 11) is 3.95. The number of rotatable bonds is 6. The molecule has 40 heavy (non-hydrogen) atoms. The Labute approximate surface area is 236 Å². The molecular weight excluding hydrogens is 503 g/mol. The number of hydrogen-bond acceptors (Lipinski definition) is 4. The number of anilines is 3. The molecule has 2 unspecified atom stereocenters. The molecule has 2 saturated heterocycles. The van der Waals surface area contributed by atoms with Gasteiger partial charge in [0.1, 0.15) is 5.82 Å². The number of benzene rings is 3. The van der Waals surface area contributed by atoms with Gasteiger partial charge in [0.15, 0.2) is 0 Å². The zero-order valence-corrected chi connectivity index (χ0v) is 23.9. The summed E-state index contributed by atoms with van der Waals surface area (Å²) in [5.74, 6) is -1.51. The van der Waals surface area contributed by atoms with Gasteiger partial charge in [0.25, 0.3) is 5.91 Å². The maximum atomic E-state index is 14.9. The minimum Gasteiger partial charge on any atom is -0.378 e. The summed E-state index contributed by atoms with van der Waals surface area (Å²) in [6.07, 6.45) is 3.66. The van der Waals surface area contributed by atoms with Crippen LogP contribution < -0.4 is 15.1 Å². The van der Waals surface area contributed by atoms with Crippen molar-refractivity contribution in [3.8, 4) is 0 Å². The van der Waals surface area contributed by atoms with Crippen molar-refractivity contribution >= 4 is 28.9 Å². The quantitative estimate of drug-likeness (QED) is 0.395. The Morgan fingerprint density at radius 3 is 2.30 bits per heavy atom. The average Bonchev–Trinajstić information content (AvgIpc) is 3.48. The van der Waals surface area contributed by atoms with Crippen LogP contribution in [0.1, 0.15) is 58.8 Å². The molecule has 5 rings (SSSR count). The molecule has 1 N–H and O–H groups in total. The van der Waals surface area contributed by atoms with Gasteiger partial charge < -0.3 is 20.0 Å². The molecule has 2 aliphatic heterocycles. The van der Waals surface area contributed by atoms with E-state index in [9.17, 15) is 14.0 Å². The highest BCUT2D eigenvalue weighted by Gasteiger charge is 2.40. The minimum absolute atomic E-state index is 0.0762. The van der Waals surface area contributed by atoms with E-state index in [4.69, 9.17) is 0 Å². The number of amides is 2. The van der Waals surface area contributed by atoms with E-state index in [0.29, 0.717) is 24.9 Å². The van der Waals surface area contributed by atoms with E-state index in [2.05, 4.69) is 29.3 Å². The van der Waals surface area contributed by atoms with Crippen molar-refractivity contribution in [2.45, 2.75) is 45.6 Å². The molecule has 2 amide bonds. The fourth-order valence-electron chi connectivity index (χ4n) is 6.15. The molecule has 2 atom stereocenters. The summed E-state index contributed by atoms with van der Waals surface area (Å²) >= 11 is 0. The van der Waals surface area contributed by atoms with Crippen molar-refractivity contribution in [3.63, 3.8) is 0 Å². The molecule has 210 valence electrons. The van der Waals surface area contributed by atoms with Crippen LogP contribution in [0.25, 0.3) is 0 Å². The van der Waals surface area contributed by atoms with Gasteiger partial charge in [-0.1, -0.05) is 30.3 Å². The van der Waals surface area contributed by atoms with Gasteiger partial charge in [-0.15, -0.1) is 0 Å². The number of carbonyl (C=O) groups excluding carboxylic acids is 2. The number of hydrogen-bond donors (Lipinski definition) is 1. The molecule has 0 aromatic heterocycles. The Bertz CT molecular complexity index is 1360. The number of piperidine rings is 1. The predicted octanol–water partition coefficient (Wildman–Crippen LogP) is 6.34. The molecule has 2 heterocycles. The van der Waals surface area contributed by atoms with Gasteiger partial charge in [0, 0.05) is 50.8 Å². The van der Waals surface area contributed by atoms with Crippen LogP contribution in [0, 0.1) is 25.6 Å². The Kier molecular flexibility index (Phi) is 8.10. The molecule has 3 aromatic rings. The number of carbonyl (C=O) groups is 2. The lowest BCUT2D eigenvalue weighted by Crippen LogP contribution is -2.46. The second-order valence-electron chi connectivity index (χ2n) is 11.3. The first-order valence-electron chi connectivity index (χ1n) is 14.2. The third-order valence-corrected chi connectivity index (χ3v) is 8.34. The van der Waals surface area contributed by atoms with E-state index < -0.39 is 17.8 Å². The zero-order chi connectivity index (χ0) is 28.4. The van der Waals surface area contributed by atoms with E-state index in [0.717, 1.165) is 35.7 Å². The summed E-state index contributed by atoms with van der Waals surface area (Å²) in [4.78, 5) is 33.9.